The lowest BCUT2D eigenvalue weighted by Gasteiger charge is -2.41. The number of rotatable bonds is 5. The third kappa shape index (κ3) is 4.37. The minimum atomic E-state index is 0.105. The summed E-state index contributed by atoms with van der Waals surface area (Å²) in [5.74, 6) is 0.902. The van der Waals surface area contributed by atoms with Gasteiger partial charge >= 0.3 is 0 Å². The molecule has 0 aliphatic carbocycles. The van der Waals surface area contributed by atoms with Gasteiger partial charge in [0.1, 0.15) is 5.03 Å². The molecule has 9 heteroatoms. The van der Waals surface area contributed by atoms with Crippen molar-refractivity contribution in [2.45, 2.75) is 55.3 Å². The van der Waals surface area contributed by atoms with Crippen molar-refractivity contribution in [3.63, 3.8) is 0 Å². The van der Waals surface area contributed by atoms with E-state index in [1.807, 2.05) is 47.3 Å². The van der Waals surface area contributed by atoms with Gasteiger partial charge in [0.15, 0.2) is 5.82 Å². The zero-order valence-corrected chi connectivity index (χ0v) is 20.5. The summed E-state index contributed by atoms with van der Waals surface area (Å²) in [6.07, 6.45) is 4.15. The zero-order chi connectivity index (χ0) is 23.0. The Hall–Kier alpha value is -2.13. The molecule has 0 unspecified atom stereocenters. The van der Waals surface area contributed by atoms with Gasteiger partial charge in [0.05, 0.1) is 23.4 Å². The third-order valence-corrected chi connectivity index (χ3v) is 8.48. The van der Waals surface area contributed by atoms with Gasteiger partial charge in [0.2, 0.25) is 0 Å². The van der Waals surface area contributed by atoms with Crippen LogP contribution in [0.5, 0.6) is 0 Å². The molecule has 33 heavy (non-hydrogen) atoms. The van der Waals surface area contributed by atoms with Crippen LogP contribution >= 0.6 is 23.4 Å². The zero-order valence-electron chi connectivity index (χ0n) is 18.9. The van der Waals surface area contributed by atoms with Crippen molar-refractivity contribution in [1.82, 2.24) is 20.0 Å². The fourth-order valence-electron chi connectivity index (χ4n) is 4.77. The van der Waals surface area contributed by atoms with Crippen LogP contribution in [-0.2, 0) is 11.3 Å². The summed E-state index contributed by atoms with van der Waals surface area (Å²) >= 11 is 8.25. The van der Waals surface area contributed by atoms with Crippen molar-refractivity contribution >= 4 is 29.2 Å². The van der Waals surface area contributed by atoms with Crippen LogP contribution in [0.25, 0.3) is 11.3 Å². The molecule has 2 N–H and O–H groups in total. The number of ether oxygens (including phenoxy) is 1. The highest BCUT2D eigenvalue weighted by Crippen LogP contribution is 2.42. The minimum Gasteiger partial charge on any atom is -0.376 e. The number of hydrogen-bond acceptors (Lipinski definition) is 7. The molecule has 174 valence electrons. The van der Waals surface area contributed by atoms with Crippen LogP contribution in [0.3, 0.4) is 0 Å². The topological polar surface area (TPSA) is 82.1 Å². The first-order chi connectivity index (χ1) is 16.0. The SMILES string of the molecule is CCn1ccc(-c2cccc(Sc3ccc(N4CCC5(CC4)CO[C@@H](C)[C@H]5N)nn3)c2Cl)n1. The van der Waals surface area contributed by atoms with Crippen LogP contribution in [0.2, 0.25) is 5.02 Å². The first-order valence-electron chi connectivity index (χ1n) is 11.5. The van der Waals surface area contributed by atoms with Crippen LogP contribution in [-0.4, -0.2) is 51.8 Å². The van der Waals surface area contributed by atoms with E-state index >= 15 is 0 Å². The van der Waals surface area contributed by atoms with Crippen molar-refractivity contribution in [2.75, 3.05) is 24.6 Å². The molecule has 5 rings (SSSR count). The molecule has 2 saturated heterocycles. The molecule has 0 bridgehead atoms. The minimum absolute atomic E-state index is 0.105. The van der Waals surface area contributed by atoms with E-state index in [4.69, 9.17) is 22.1 Å². The van der Waals surface area contributed by atoms with E-state index in [0.29, 0.717) is 5.02 Å². The Bertz CT molecular complexity index is 1110. The lowest BCUT2D eigenvalue weighted by Crippen LogP contribution is -2.50. The van der Waals surface area contributed by atoms with Gasteiger partial charge < -0.3 is 15.4 Å². The maximum absolute atomic E-state index is 6.73. The second-order valence-corrected chi connectivity index (χ2v) is 10.3. The molecule has 0 amide bonds. The molecule has 4 heterocycles. The number of anilines is 1. The van der Waals surface area contributed by atoms with Crippen molar-refractivity contribution in [3.8, 4) is 11.3 Å². The summed E-state index contributed by atoms with van der Waals surface area (Å²) in [7, 11) is 0. The van der Waals surface area contributed by atoms with Gasteiger partial charge in [-0.25, -0.2) is 0 Å². The van der Waals surface area contributed by atoms with E-state index in [-0.39, 0.29) is 17.6 Å². The smallest absolute Gasteiger partial charge is 0.151 e. The average molecular weight is 485 g/mol. The Morgan fingerprint density at radius 2 is 2.00 bits per heavy atom. The number of nitrogens with two attached hydrogens (primary N) is 1. The Balaban J connectivity index is 1.26. The molecular formula is C24H29ClN6OS. The van der Waals surface area contributed by atoms with Gasteiger partial charge in [0.25, 0.3) is 0 Å². The predicted octanol–water partition coefficient (Wildman–Crippen LogP) is 4.50. The summed E-state index contributed by atoms with van der Waals surface area (Å²) in [6, 6.07) is 12.1. The van der Waals surface area contributed by atoms with Crippen molar-refractivity contribution in [2.24, 2.45) is 11.1 Å². The van der Waals surface area contributed by atoms with Gasteiger partial charge in [-0.15, -0.1) is 10.2 Å². The monoisotopic (exact) mass is 484 g/mol. The van der Waals surface area contributed by atoms with Crippen LogP contribution in [0.4, 0.5) is 5.82 Å². The normalized spacial score (nSPS) is 22.2. The largest absolute Gasteiger partial charge is 0.376 e. The highest BCUT2D eigenvalue weighted by Gasteiger charge is 2.47. The van der Waals surface area contributed by atoms with Crippen molar-refractivity contribution in [3.05, 3.63) is 47.6 Å². The Kier molecular flexibility index (Phi) is 6.35. The highest BCUT2D eigenvalue weighted by molar-refractivity contribution is 7.99. The van der Waals surface area contributed by atoms with Gasteiger partial charge in [0, 0.05) is 47.7 Å². The van der Waals surface area contributed by atoms with E-state index < -0.39 is 0 Å². The van der Waals surface area contributed by atoms with E-state index in [1.54, 1.807) is 0 Å². The van der Waals surface area contributed by atoms with E-state index in [0.717, 1.165) is 66.1 Å². The first kappa shape index (κ1) is 22.7. The molecule has 0 radical (unpaired) electrons. The predicted molar refractivity (Wildman–Crippen MR) is 132 cm³/mol. The molecule has 2 atom stereocenters. The number of piperidine rings is 1. The molecule has 2 aliphatic rings. The standard InChI is InChI=1S/C24H29ClN6OS/c1-3-31-12-9-18(29-31)17-5-4-6-19(22(17)25)33-21-8-7-20(27-28-21)30-13-10-24(11-14-30)15-32-16(2)23(24)26/h4-9,12,16,23H,3,10-11,13-15,26H2,1-2H3/t16-,23+/m0/s1. The van der Waals surface area contributed by atoms with Crippen LogP contribution in [0.15, 0.2) is 52.5 Å². The lowest BCUT2D eigenvalue weighted by atomic mass is 9.73. The Labute approximate surface area is 203 Å². The lowest BCUT2D eigenvalue weighted by molar-refractivity contribution is 0.0974. The number of aryl methyl sites for hydroxylation is 1. The maximum atomic E-state index is 6.73. The Morgan fingerprint density at radius 3 is 2.64 bits per heavy atom. The summed E-state index contributed by atoms with van der Waals surface area (Å²) in [5.41, 5.74) is 8.34. The molecule has 1 aromatic carbocycles. The second-order valence-electron chi connectivity index (χ2n) is 8.90. The average Bonchev–Trinajstić information content (AvgIpc) is 3.43. The molecule has 3 aromatic rings. The second kappa shape index (κ2) is 9.25. The van der Waals surface area contributed by atoms with Crippen molar-refractivity contribution in [1.29, 1.82) is 0 Å². The van der Waals surface area contributed by atoms with Crippen LogP contribution in [0, 0.1) is 5.41 Å². The molecular weight excluding hydrogens is 456 g/mol. The van der Waals surface area contributed by atoms with Gasteiger partial charge in [-0.3, -0.25) is 4.68 Å². The highest BCUT2D eigenvalue weighted by atomic mass is 35.5. The summed E-state index contributed by atoms with van der Waals surface area (Å²) in [4.78, 5) is 3.23. The van der Waals surface area contributed by atoms with E-state index in [9.17, 15) is 0 Å². The van der Waals surface area contributed by atoms with Gasteiger partial charge in [-0.05, 0) is 51.0 Å². The molecule has 0 saturated carbocycles. The van der Waals surface area contributed by atoms with Gasteiger partial charge in [-0.2, -0.15) is 5.10 Å². The number of hydrogen-bond donors (Lipinski definition) is 1. The summed E-state index contributed by atoms with van der Waals surface area (Å²) in [5, 5.41) is 15.0. The number of benzene rings is 1. The molecule has 2 aromatic heterocycles. The van der Waals surface area contributed by atoms with E-state index in [1.165, 1.54) is 11.8 Å². The third-order valence-electron chi connectivity index (χ3n) is 6.97. The summed E-state index contributed by atoms with van der Waals surface area (Å²) in [6.45, 7) is 7.57. The number of nitrogens with zero attached hydrogens (tertiary/aromatic N) is 5. The quantitative estimate of drug-likeness (QED) is 0.571. The summed E-state index contributed by atoms with van der Waals surface area (Å²) < 4.78 is 7.73. The van der Waals surface area contributed by atoms with E-state index in [2.05, 4.69) is 34.0 Å². The fourth-order valence-corrected chi connectivity index (χ4v) is 5.90. The van der Waals surface area contributed by atoms with Crippen molar-refractivity contribution < 1.29 is 4.74 Å². The fraction of sp³-hybridized carbons (Fsp3) is 0.458. The first-order valence-corrected chi connectivity index (χ1v) is 12.6. The van der Waals surface area contributed by atoms with Crippen LogP contribution in [0.1, 0.15) is 26.7 Å². The molecule has 2 fully saturated rings. The maximum Gasteiger partial charge on any atom is 0.151 e. The van der Waals surface area contributed by atoms with Gasteiger partial charge in [-0.1, -0.05) is 35.5 Å². The molecule has 1 spiro atoms. The number of halogens is 1. The van der Waals surface area contributed by atoms with Crippen LogP contribution < -0.4 is 10.6 Å². The molecule has 2 aliphatic heterocycles. The number of aromatic nitrogens is 4. The molecule has 7 nitrogen and oxygen atoms in total. The Morgan fingerprint density at radius 1 is 1.18 bits per heavy atom.